The first-order valence-corrected chi connectivity index (χ1v) is 8.65. The molecule has 1 fully saturated rings. The highest BCUT2D eigenvalue weighted by Crippen LogP contribution is 2.28. The maximum Gasteiger partial charge on any atom is 0.232 e. The Labute approximate surface area is 124 Å². The van der Waals surface area contributed by atoms with Crippen molar-refractivity contribution in [3.05, 3.63) is 11.7 Å². The van der Waals surface area contributed by atoms with Crippen LogP contribution in [0, 0.1) is 0 Å². The second-order valence-corrected chi connectivity index (χ2v) is 6.25. The molecule has 0 spiro atoms. The average molecular weight is 297 g/mol. The molecule has 112 valence electrons. The second kappa shape index (κ2) is 7.11. The van der Waals surface area contributed by atoms with Crippen molar-refractivity contribution >= 4 is 17.7 Å². The molecule has 0 aromatic carbocycles. The van der Waals surface area contributed by atoms with Gasteiger partial charge in [0, 0.05) is 24.9 Å². The molecule has 0 aliphatic carbocycles. The number of piperidine rings is 1. The minimum absolute atomic E-state index is 0.238. The summed E-state index contributed by atoms with van der Waals surface area (Å²) in [6.07, 6.45) is 4.81. The number of hydrogen-bond donors (Lipinski definition) is 0. The third-order valence-corrected chi connectivity index (χ3v) is 4.51. The van der Waals surface area contributed by atoms with E-state index in [4.69, 9.17) is 4.52 Å². The van der Waals surface area contributed by atoms with E-state index in [0.29, 0.717) is 17.6 Å². The van der Waals surface area contributed by atoms with Crippen LogP contribution in [0.3, 0.4) is 0 Å². The fourth-order valence-electron chi connectivity index (χ4n) is 2.39. The number of carbonyl (C=O) groups is 1. The standard InChI is InChI=1S/C14H23N3O2S/c1-4-10(2)13-15-14(19-16-13)11-5-7-17(8-6-11)12(18)9-20-3/h10-11H,4-9H2,1-3H3/t10-/m1/s1. The molecule has 2 rings (SSSR count). The van der Waals surface area contributed by atoms with Crippen LogP contribution in [0.2, 0.25) is 0 Å². The third-order valence-electron chi connectivity index (χ3n) is 3.98. The van der Waals surface area contributed by atoms with Crippen molar-refractivity contribution in [2.45, 2.75) is 44.9 Å². The molecule has 0 saturated carbocycles. The Hall–Kier alpha value is -1.04. The molecular formula is C14H23N3O2S. The Morgan fingerprint density at radius 1 is 1.50 bits per heavy atom. The van der Waals surface area contributed by atoms with Gasteiger partial charge in [0.2, 0.25) is 11.8 Å². The molecule has 5 nitrogen and oxygen atoms in total. The van der Waals surface area contributed by atoms with Crippen LogP contribution in [0.15, 0.2) is 4.52 Å². The molecule has 1 aliphatic heterocycles. The van der Waals surface area contributed by atoms with Crippen LogP contribution in [-0.4, -0.2) is 46.0 Å². The van der Waals surface area contributed by atoms with Crippen molar-refractivity contribution in [3.8, 4) is 0 Å². The highest BCUT2D eigenvalue weighted by molar-refractivity contribution is 7.99. The lowest BCUT2D eigenvalue weighted by atomic mass is 9.96. The van der Waals surface area contributed by atoms with E-state index in [1.54, 1.807) is 11.8 Å². The van der Waals surface area contributed by atoms with Crippen LogP contribution < -0.4 is 0 Å². The van der Waals surface area contributed by atoms with Gasteiger partial charge in [0.1, 0.15) is 0 Å². The van der Waals surface area contributed by atoms with Gasteiger partial charge in [-0.15, -0.1) is 0 Å². The minimum atomic E-state index is 0.238. The van der Waals surface area contributed by atoms with Gasteiger partial charge in [-0.3, -0.25) is 4.79 Å². The monoisotopic (exact) mass is 297 g/mol. The van der Waals surface area contributed by atoms with E-state index in [-0.39, 0.29) is 5.91 Å². The fraction of sp³-hybridized carbons (Fsp3) is 0.786. The highest BCUT2D eigenvalue weighted by atomic mass is 32.2. The number of hydrogen-bond acceptors (Lipinski definition) is 5. The van der Waals surface area contributed by atoms with Crippen molar-refractivity contribution in [2.75, 3.05) is 25.1 Å². The number of nitrogens with zero attached hydrogens (tertiary/aromatic N) is 3. The Morgan fingerprint density at radius 3 is 2.80 bits per heavy atom. The molecule has 0 unspecified atom stereocenters. The number of amides is 1. The molecule has 0 bridgehead atoms. The second-order valence-electron chi connectivity index (χ2n) is 5.39. The van der Waals surface area contributed by atoms with Crippen LogP contribution >= 0.6 is 11.8 Å². The lowest BCUT2D eigenvalue weighted by molar-refractivity contribution is -0.129. The first-order valence-electron chi connectivity index (χ1n) is 7.25. The number of carbonyl (C=O) groups excluding carboxylic acids is 1. The van der Waals surface area contributed by atoms with Gasteiger partial charge >= 0.3 is 0 Å². The smallest absolute Gasteiger partial charge is 0.232 e. The Morgan fingerprint density at radius 2 is 2.20 bits per heavy atom. The van der Waals surface area contributed by atoms with Gasteiger partial charge in [-0.25, -0.2) is 0 Å². The van der Waals surface area contributed by atoms with Crippen LogP contribution in [0.4, 0.5) is 0 Å². The molecule has 6 heteroatoms. The molecular weight excluding hydrogens is 274 g/mol. The lowest BCUT2D eigenvalue weighted by Crippen LogP contribution is -2.38. The molecule has 20 heavy (non-hydrogen) atoms. The van der Waals surface area contributed by atoms with Crippen LogP contribution in [0.5, 0.6) is 0 Å². The number of rotatable bonds is 5. The number of aromatic nitrogens is 2. The van der Waals surface area contributed by atoms with Crippen molar-refractivity contribution in [2.24, 2.45) is 0 Å². The largest absolute Gasteiger partial charge is 0.342 e. The molecule has 1 atom stereocenters. The van der Waals surface area contributed by atoms with E-state index in [2.05, 4.69) is 24.0 Å². The van der Waals surface area contributed by atoms with E-state index < -0.39 is 0 Å². The van der Waals surface area contributed by atoms with Gasteiger partial charge in [-0.05, 0) is 25.5 Å². The molecule has 1 aromatic rings. The summed E-state index contributed by atoms with van der Waals surface area (Å²) >= 11 is 1.58. The van der Waals surface area contributed by atoms with E-state index in [0.717, 1.165) is 44.1 Å². The maximum atomic E-state index is 11.8. The van der Waals surface area contributed by atoms with Crippen molar-refractivity contribution in [1.82, 2.24) is 15.0 Å². The number of thioether (sulfide) groups is 1. The van der Waals surface area contributed by atoms with Crippen molar-refractivity contribution in [3.63, 3.8) is 0 Å². The summed E-state index contributed by atoms with van der Waals surface area (Å²) in [4.78, 5) is 18.3. The zero-order valence-electron chi connectivity index (χ0n) is 12.5. The summed E-state index contributed by atoms with van der Waals surface area (Å²) in [7, 11) is 0. The summed E-state index contributed by atoms with van der Waals surface area (Å²) < 4.78 is 5.40. The SMILES string of the molecule is CC[C@@H](C)c1noc(C2CCN(C(=O)CSC)CC2)n1. The zero-order chi connectivity index (χ0) is 14.5. The molecule has 1 saturated heterocycles. The van der Waals surface area contributed by atoms with Gasteiger partial charge < -0.3 is 9.42 Å². The molecule has 1 aromatic heterocycles. The quantitative estimate of drug-likeness (QED) is 0.836. The van der Waals surface area contributed by atoms with Crippen LogP contribution in [0.1, 0.15) is 56.7 Å². The summed E-state index contributed by atoms with van der Waals surface area (Å²) in [6.45, 7) is 5.82. The Balaban J connectivity index is 1.90. The summed E-state index contributed by atoms with van der Waals surface area (Å²) in [5.41, 5.74) is 0. The van der Waals surface area contributed by atoms with Gasteiger partial charge in [-0.2, -0.15) is 16.7 Å². The van der Waals surface area contributed by atoms with Crippen LogP contribution in [0.25, 0.3) is 0 Å². The molecule has 2 heterocycles. The van der Waals surface area contributed by atoms with Gasteiger partial charge in [-0.1, -0.05) is 19.0 Å². The maximum absolute atomic E-state index is 11.8. The molecule has 0 N–H and O–H groups in total. The highest BCUT2D eigenvalue weighted by Gasteiger charge is 2.27. The number of likely N-dealkylation sites (tertiary alicyclic amines) is 1. The predicted molar refractivity (Wildman–Crippen MR) is 79.9 cm³/mol. The normalized spacial score (nSPS) is 18.2. The summed E-state index contributed by atoms with van der Waals surface area (Å²) in [5, 5.41) is 4.08. The topological polar surface area (TPSA) is 59.2 Å². The minimum Gasteiger partial charge on any atom is -0.342 e. The molecule has 1 amide bonds. The molecule has 0 radical (unpaired) electrons. The summed E-state index contributed by atoms with van der Waals surface area (Å²) in [5.74, 6) is 3.01. The summed E-state index contributed by atoms with van der Waals surface area (Å²) in [6, 6.07) is 0. The van der Waals surface area contributed by atoms with E-state index in [9.17, 15) is 4.79 Å². The van der Waals surface area contributed by atoms with Crippen molar-refractivity contribution in [1.29, 1.82) is 0 Å². The fourth-order valence-corrected chi connectivity index (χ4v) is 2.82. The lowest BCUT2D eigenvalue weighted by Gasteiger charge is -2.30. The van der Waals surface area contributed by atoms with Gasteiger partial charge in [0.15, 0.2) is 5.82 Å². The molecule has 1 aliphatic rings. The Bertz CT molecular complexity index is 441. The average Bonchev–Trinajstić information content (AvgIpc) is 2.96. The van der Waals surface area contributed by atoms with Gasteiger partial charge in [0.05, 0.1) is 5.75 Å². The predicted octanol–water partition coefficient (Wildman–Crippen LogP) is 2.65. The van der Waals surface area contributed by atoms with E-state index in [1.165, 1.54) is 0 Å². The third kappa shape index (κ3) is 3.53. The first-order chi connectivity index (χ1) is 9.65. The zero-order valence-corrected chi connectivity index (χ0v) is 13.3. The van der Waals surface area contributed by atoms with E-state index in [1.807, 2.05) is 11.2 Å². The van der Waals surface area contributed by atoms with Gasteiger partial charge in [0.25, 0.3) is 0 Å². The van der Waals surface area contributed by atoms with Crippen LogP contribution in [-0.2, 0) is 4.79 Å². The Kier molecular flexibility index (Phi) is 5.46. The van der Waals surface area contributed by atoms with E-state index >= 15 is 0 Å². The van der Waals surface area contributed by atoms with Crippen molar-refractivity contribution < 1.29 is 9.32 Å². The first kappa shape index (κ1) is 15.4.